The zero-order valence-corrected chi connectivity index (χ0v) is 14.7. The quantitative estimate of drug-likeness (QED) is 0.543. The molecule has 0 spiro atoms. The van der Waals surface area contributed by atoms with E-state index in [-0.39, 0.29) is 0 Å². The van der Waals surface area contributed by atoms with Crippen molar-refractivity contribution in [3.63, 3.8) is 0 Å². The zero-order valence-electron chi connectivity index (χ0n) is 14.7. The van der Waals surface area contributed by atoms with Crippen molar-refractivity contribution in [2.45, 2.75) is 6.54 Å². The normalized spacial score (nSPS) is 13.7. The van der Waals surface area contributed by atoms with Gasteiger partial charge in [-0.25, -0.2) is 9.97 Å². The van der Waals surface area contributed by atoms with E-state index in [9.17, 15) is 0 Å². The number of hydrogen-bond donors (Lipinski definition) is 0. The van der Waals surface area contributed by atoms with E-state index < -0.39 is 0 Å². The first-order valence-electron chi connectivity index (χ1n) is 9.01. The molecule has 0 radical (unpaired) electrons. The molecule has 1 aliphatic rings. The van der Waals surface area contributed by atoms with E-state index in [1.807, 2.05) is 48.5 Å². The monoisotopic (exact) mass is 354 g/mol. The first-order chi connectivity index (χ1) is 13.4. The van der Waals surface area contributed by atoms with Crippen LogP contribution in [0.25, 0.3) is 22.3 Å². The largest absolute Gasteiger partial charge is 0.491 e. The van der Waals surface area contributed by atoms with Crippen LogP contribution in [0.15, 0.2) is 73.1 Å². The van der Waals surface area contributed by atoms with E-state index in [2.05, 4.69) is 22.0 Å². The highest BCUT2D eigenvalue weighted by Gasteiger charge is 2.20. The third kappa shape index (κ3) is 2.97. The number of rotatable bonds is 2. The zero-order chi connectivity index (χ0) is 18.1. The molecule has 1 aliphatic heterocycles. The van der Waals surface area contributed by atoms with Crippen LogP contribution in [0.1, 0.15) is 5.56 Å². The van der Waals surface area contributed by atoms with Crippen molar-refractivity contribution in [2.75, 3.05) is 18.1 Å². The van der Waals surface area contributed by atoms with Gasteiger partial charge in [-0.3, -0.25) is 4.98 Å². The standard InChI is InChI=1S/C22H18N4O/c1-4-10-20-17(6-1)15-26(12-13-27-20)22-18-8-2-3-9-19(18)24-21(25-22)16-7-5-11-23-14-16/h1-11,14H,12-13,15H2. The van der Waals surface area contributed by atoms with Gasteiger partial charge in [0.2, 0.25) is 0 Å². The van der Waals surface area contributed by atoms with Crippen molar-refractivity contribution >= 4 is 16.7 Å². The molecule has 5 nitrogen and oxygen atoms in total. The molecule has 3 heterocycles. The van der Waals surface area contributed by atoms with E-state index in [4.69, 9.17) is 14.7 Å². The lowest BCUT2D eigenvalue weighted by Crippen LogP contribution is -2.26. The van der Waals surface area contributed by atoms with Gasteiger partial charge in [-0.15, -0.1) is 0 Å². The molecule has 0 saturated carbocycles. The summed E-state index contributed by atoms with van der Waals surface area (Å²) in [6.45, 7) is 2.14. The second kappa shape index (κ2) is 6.68. The Morgan fingerprint density at radius 3 is 2.70 bits per heavy atom. The number of ether oxygens (including phenoxy) is 1. The summed E-state index contributed by atoms with van der Waals surface area (Å²) in [5.74, 6) is 2.57. The van der Waals surface area contributed by atoms with Crippen LogP contribution in [0.4, 0.5) is 5.82 Å². The fourth-order valence-corrected chi connectivity index (χ4v) is 3.43. The number of anilines is 1. The Labute approximate surface area is 157 Å². The van der Waals surface area contributed by atoms with Crippen LogP contribution in [0.5, 0.6) is 5.75 Å². The summed E-state index contributed by atoms with van der Waals surface area (Å²) in [4.78, 5) is 16.2. The fourth-order valence-electron chi connectivity index (χ4n) is 3.43. The molecule has 5 rings (SSSR count). The van der Waals surface area contributed by atoms with E-state index in [1.165, 1.54) is 5.56 Å². The average molecular weight is 354 g/mol. The van der Waals surface area contributed by atoms with Crippen LogP contribution >= 0.6 is 0 Å². The van der Waals surface area contributed by atoms with Gasteiger partial charge < -0.3 is 9.64 Å². The van der Waals surface area contributed by atoms with Crippen LogP contribution in [-0.4, -0.2) is 28.1 Å². The molecule has 5 heteroatoms. The second-order valence-electron chi connectivity index (χ2n) is 6.51. The number of fused-ring (bicyclic) bond motifs is 2. The van der Waals surface area contributed by atoms with E-state index >= 15 is 0 Å². The predicted octanol–water partition coefficient (Wildman–Crippen LogP) is 4.09. The van der Waals surface area contributed by atoms with Gasteiger partial charge in [0.15, 0.2) is 5.82 Å². The lowest BCUT2D eigenvalue weighted by molar-refractivity contribution is 0.331. The fraction of sp³-hybridized carbons (Fsp3) is 0.136. The first-order valence-corrected chi connectivity index (χ1v) is 9.01. The van der Waals surface area contributed by atoms with E-state index in [0.29, 0.717) is 12.4 Å². The van der Waals surface area contributed by atoms with Crippen molar-refractivity contribution in [3.05, 3.63) is 78.6 Å². The molecule has 0 bridgehead atoms. The Kier molecular flexibility index (Phi) is 3.90. The summed E-state index contributed by atoms with van der Waals surface area (Å²) in [5.41, 5.74) is 3.01. The van der Waals surface area contributed by atoms with Crippen molar-refractivity contribution in [3.8, 4) is 17.1 Å². The topological polar surface area (TPSA) is 51.1 Å². The summed E-state index contributed by atoms with van der Waals surface area (Å²) in [6, 6.07) is 20.2. The average Bonchev–Trinajstić information content (AvgIpc) is 2.96. The van der Waals surface area contributed by atoms with Gasteiger partial charge in [0, 0.05) is 35.5 Å². The molecule has 0 N–H and O–H groups in total. The molecule has 2 aromatic heterocycles. The van der Waals surface area contributed by atoms with Crippen molar-refractivity contribution < 1.29 is 4.74 Å². The molecule has 0 atom stereocenters. The maximum absolute atomic E-state index is 5.93. The molecular weight excluding hydrogens is 336 g/mol. The second-order valence-corrected chi connectivity index (χ2v) is 6.51. The predicted molar refractivity (Wildman–Crippen MR) is 106 cm³/mol. The third-order valence-corrected chi connectivity index (χ3v) is 4.75. The molecule has 0 aliphatic carbocycles. The van der Waals surface area contributed by atoms with Crippen LogP contribution in [0.2, 0.25) is 0 Å². The van der Waals surface area contributed by atoms with Crippen molar-refractivity contribution in [1.82, 2.24) is 15.0 Å². The maximum atomic E-state index is 5.93. The minimum Gasteiger partial charge on any atom is -0.491 e. The molecule has 27 heavy (non-hydrogen) atoms. The molecular formula is C22H18N4O. The summed E-state index contributed by atoms with van der Waals surface area (Å²) in [5, 5.41) is 1.05. The number of benzene rings is 2. The number of para-hydroxylation sites is 2. The lowest BCUT2D eigenvalue weighted by Gasteiger charge is -2.23. The number of pyridine rings is 1. The van der Waals surface area contributed by atoms with Crippen LogP contribution in [0, 0.1) is 0 Å². The smallest absolute Gasteiger partial charge is 0.163 e. The number of aromatic nitrogens is 3. The molecule has 0 saturated heterocycles. The Bertz CT molecular complexity index is 1100. The van der Waals surface area contributed by atoms with Crippen LogP contribution in [0.3, 0.4) is 0 Å². The van der Waals surface area contributed by atoms with Crippen LogP contribution < -0.4 is 9.64 Å². The van der Waals surface area contributed by atoms with Crippen molar-refractivity contribution in [1.29, 1.82) is 0 Å². The lowest BCUT2D eigenvalue weighted by atomic mass is 10.1. The van der Waals surface area contributed by atoms with Gasteiger partial charge in [-0.05, 0) is 30.3 Å². The summed E-state index contributed by atoms with van der Waals surface area (Å²) in [6.07, 6.45) is 3.56. The summed E-state index contributed by atoms with van der Waals surface area (Å²) < 4.78 is 5.93. The third-order valence-electron chi connectivity index (χ3n) is 4.75. The van der Waals surface area contributed by atoms with Gasteiger partial charge in [0.1, 0.15) is 18.2 Å². The first kappa shape index (κ1) is 15.8. The highest BCUT2D eigenvalue weighted by atomic mass is 16.5. The summed E-state index contributed by atoms with van der Waals surface area (Å²) in [7, 11) is 0. The van der Waals surface area contributed by atoms with Gasteiger partial charge >= 0.3 is 0 Å². The molecule has 0 unspecified atom stereocenters. The Balaban J connectivity index is 1.66. The van der Waals surface area contributed by atoms with Crippen LogP contribution in [-0.2, 0) is 6.54 Å². The summed E-state index contributed by atoms with van der Waals surface area (Å²) >= 11 is 0. The van der Waals surface area contributed by atoms with E-state index in [1.54, 1.807) is 12.4 Å². The Morgan fingerprint density at radius 1 is 0.889 bits per heavy atom. The highest BCUT2D eigenvalue weighted by molar-refractivity contribution is 5.91. The molecule has 132 valence electrons. The molecule has 2 aromatic carbocycles. The van der Waals surface area contributed by atoms with Gasteiger partial charge in [-0.1, -0.05) is 30.3 Å². The molecule has 0 fully saturated rings. The van der Waals surface area contributed by atoms with Gasteiger partial charge in [0.05, 0.1) is 12.1 Å². The SMILES string of the molecule is c1cncc(-c2nc(N3CCOc4ccccc4C3)c3ccccc3n2)c1. The maximum Gasteiger partial charge on any atom is 0.163 e. The van der Waals surface area contributed by atoms with Gasteiger partial charge in [-0.2, -0.15) is 0 Å². The minimum absolute atomic E-state index is 0.623. The Morgan fingerprint density at radius 2 is 1.78 bits per heavy atom. The highest BCUT2D eigenvalue weighted by Crippen LogP contribution is 2.31. The Hall–Kier alpha value is -3.47. The minimum atomic E-state index is 0.623. The number of nitrogens with zero attached hydrogens (tertiary/aromatic N) is 4. The van der Waals surface area contributed by atoms with Crippen molar-refractivity contribution in [2.24, 2.45) is 0 Å². The number of hydrogen-bond acceptors (Lipinski definition) is 5. The molecule has 4 aromatic rings. The molecule has 0 amide bonds. The van der Waals surface area contributed by atoms with E-state index in [0.717, 1.165) is 41.1 Å². The van der Waals surface area contributed by atoms with Gasteiger partial charge in [0.25, 0.3) is 0 Å².